The van der Waals surface area contributed by atoms with Crippen LogP contribution in [0.25, 0.3) is 6.08 Å². The third-order valence-electron chi connectivity index (χ3n) is 6.40. The SMILES string of the molecule is C[Si]1(C)c2ccccc2N(c2ccc(C=C3C(=O)c4cscc4C3=O)[te]2)c2ccccc21. The number of ketones is 2. The zero-order valence-electron chi connectivity index (χ0n) is 17.6. The van der Waals surface area contributed by atoms with Gasteiger partial charge in [0.1, 0.15) is 0 Å². The number of benzene rings is 2. The van der Waals surface area contributed by atoms with Crippen molar-refractivity contribution in [3.63, 3.8) is 0 Å². The fourth-order valence-electron chi connectivity index (χ4n) is 4.76. The zero-order chi connectivity index (χ0) is 22.0. The average molecular weight is 565 g/mol. The number of hydrogen-bond acceptors (Lipinski definition) is 4. The Labute approximate surface area is 201 Å². The van der Waals surface area contributed by atoms with Gasteiger partial charge in [0.05, 0.1) is 0 Å². The number of Topliss-reactive ketones (excluding diaryl/α,β-unsaturated/α-hetero) is 2. The molecule has 0 N–H and O–H groups in total. The molecule has 0 atom stereocenters. The Kier molecular flexibility index (Phi) is 4.57. The second-order valence-electron chi connectivity index (χ2n) is 8.59. The molecule has 2 aliphatic rings. The number of rotatable bonds is 2. The van der Waals surface area contributed by atoms with E-state index in [9.17, 15) is 9.59 Å². The van der Waals surface area contributed by atoms with Gasteiger partial charge < -0.3 is 0 Å². The van der Waals surface area contributed by atoms with Crippen molar-refractivity contribution in [3.8, 4) is 0 Å². The van der Waals surface area contributed by atoms with E-state index in [0.717, 1.165) is 3.58 Å². The molecule has 156 valence electrons. The molecule has 0 saturated heterocycles. The molecule has 0 radical (unpaired) electrons. The van der Waals surface area contributed by atoms with Crippen LogP contribution in [0.2, 0.25) is 13.1 Å². The van der Waals surface area contributed by atoms with Crippen molar-refractivity contribution in [2.45, 2.75) is 13.1 Å². The minimum atomic E-state index is -1.79. The van der Waals surface area contributed by atoms with Crippen LogP contribution >= 0.6 is 11.3 Å². The number of fused-ring (bicyclic) bond motifs is 3. The van der Waals surface area contributed by atoms with Crippen molar-refractivity contribution in [2.75, 3.05) is 4.90 Å². The van der Waals surface area contributed by atoms with Crippen LogP contribution in [0.5, 0.6) is 0 Å². The summed E-state index contributed by atoms with van der Waals surface area (Å²) in [7, 11) is -1.79. The first-order valence-corrected chi connectivity index (χ1v) is 16.7. The molecule has 6 rings (SSSR count). The van der Waals surface area contributed by atoms with Gasteiger partial charge in [0.15, 0.2) is 0 Å². The Morgan fingerprint density at radius 3 is 1.97 bits per heavy atom. The van der Waals surface area contributed by atoms with Gasteiger partial charge in [-0.2, -0.15) is 0 Å². The molecule has 3 nitrogen and oxygen atoms in total. The molecule has 1 aliphatic carbocycles. The van der Waals surface area contributed by atoms with Crippen LogP contribution in [0.3, 0.4) is 0 Å². The van der Waals surface area contributed by atoms with E-state index in [4.69, 9.17) is 0 Å². The Morgan fingerprint density at radius 1 is 0.812 bits per heavy atom. The molecule has 0 bridgehead atoms. The van der Waals surface area contributed by atoms with Crippen LogP contribution in [0.15, 0.2) is 77.0 Å². The fraction of sp³-hybridized carbons (Fsp3) is 0.0769. The molecule has 2 aromatic carbocycles. The monoisotopic (exact) mass is 567 g/mol. The summed E-state index contributed by atoms with van der Waals surface area (Å²) in [5, 5.41) is 6.47. The number of carbonyl (C=O) groups excluding carboxylic acids is 2. The first-order valence-electron chi connectivity index (χ1n) is 10.4. The Bertz CT molecular complexity index is 1380. The molecule has 0 spiro atoms. The normalized spacial score (nSPS) is 16.1. The first-order chi connectivity index (χ1) is 15.5. The molecule has 3 heterocycles. The summed E-state index contributed by atoms with van der Waals surface area (Å²) in [6.07, 6.45) is 1.85. The van der Waals surface area contributed by atoms with E-state index < -0.39 is 28.5 Å². The molecular formula is C26H19NO2SSiTe. The van der Waals surface area contributed by atoms with Gasteiger partial charge in [-0.1, -0.05) is 0 Å². The van der Waals surface area contributed by atoms with Crippen LogP contribution in [0.4, 0.5) is 15.1 Å². The van der Waals surface area contributed by atoms with Crippen LogP contribution in [0.1, 0.15) is 24.3 Å². The first kappa shape index (κ1) is 20.1. The summed E-state index contributed by atoms with van der Waals surface area (Å²) in [4.78, 5) is 27.9. The van der Waals surface area contributed by atoms with Crippen LogP contribution in [0, 0.1) is 0 Å². The van der Waals surface area contributed by atoms with Crippen molar-refractivity contribution in [2.24, 2.45) is 0 Å². The molecule has 2 aromatic heterocycles. The maximum absolute atomic E-state index is 12.7. The van der Waals surface area contributed by atoms with Gasteiger partial charge in [-0.15, -0.1) is 0 Å². The summed E-state index contributed by atoms with van der Waals surface area (Å²) in [6.45, 7) is 4.84. The van der Waals surface area contributed by atoms with Crippen molar-refractivity contribution in [1.29, 1.82) is 0 Å². The minimum absolute atomic E-state index is 0.130. The van der Waals surface area contributed by atoms with E-state index in [1.54, 1.807) is 10.8 Å². The number of hydrogen-bond donors (Lipinski definition) is 0. The average Bonchev–Trinajstić information content (AvgIpc) is 3.51. The number of para-hydroxylation sites is 2. The van der Waals surface area contributed by atoms with E-state index in [0.29, 0.717) is 16.7 Å². The Hall–Kier alpha value is -2.49. The van der Waals surface area contributed by atoms with Gasteiger partial charge in [0.25, 0.3) is 0 Å². The molecule has 0 fully saturated rings. The molecule has 6 heteroatoms. The predicted octanol–water partition coefficient (Wildman–Crippen LogP) is 4.87. The molecule has 1 aliphatic heterocycles. The molecular weight excluding hydrogens is 546 g/mol. The molecule has 32 heavy (non-hydrogen) atoms. The third-order valence-corrected chi connectivity index (χ3v) is 13.6. The maximum atomic E-state index is 12.7. The summed E-state index contributed by atoms with van der Waals surface area (Å²) < 4.78 is 2.41. The molecule has 4 aromatic rings. The van der Waals surface area contributed by atoms with E-state index >= 15 is 0 Å². The summed E-state index contributed by atoms with van der Waals surface area (Å²) in [5.41, 5.74) is 3.99. The summed E-state index contributed by atoms with van der Waals surface area (Å²) in [6, 6.07) is 21.8. The fourth-order valence-corrected chi connectivity index (χ4v) is 11.3. The second-order valence-corrected chi connectivity index (χ2v) is 16.8. The predicted molar refractivity (Wildman–Crippen MR) is 136 cm³/mol. The zero-order valence-corrected chi connectivity index (χ0v) is 21.7. The number of nitrogens with zero attached hydrogens (tertiary/aromatic N) is 1. The van der Waals surface area contributed by atoms with E-state index in [-0.39, 0.29) is 11.6 Å². The van der Waals surface area contributed by atoms with Gasteiger partial charge in [0.2, 0.25) is 0 Å². The number of allylic oxidation sites excluding steroid dienone is 1. The Morgan fingerprint density at radius 2 is 1.38 bits per heavy atom. The van der Waals surface area contributed by atoms with Crippen molar-refractivity contribution < 1.29 is 9.59 Å². The Balaban J connectivity index is 1.46. The van der Waals surface area contributed by atoms with Gasteiger partial charge in [-0.05, 0) is 0 Å². The summed E-state index contributed by atoms with van der Waals surface area (Å²) >= 11 is 0.658. The molecule has 0 amide bonds. The van der Waals surface area contributed by atoms with Gasteiger partial charge >= 0.3 is 202 Å². The quantitative estimate of drug-likeness (QED) is 0.198. The number of anilines is 3. The van der Waals surface area contributed by atoms with Gasteiger partial charge in [-0.3, -0.25) is 0 Å². The molecule has 0 saturated carbocycles. The topological polar surface area (TPSA) is 37.4 Å². The van der Waals surface area contributed by atoms with E-state index in [2.05, 4.69) is 78.7 Å². The van der Waals surface area contributed by atoms with E-state index in [1.165, 1.54) is 36.8 Å². The van der Waals surface area contributed by atoms with Crippen LogP contribution in [-0.2, 0) is 0 Å². The number of thiophene rings is 1. The van der Waals surface area contributed by atoms with Crippen molar-refractivity contribution in [1.82, 2.24) is 0 Å². The standard InChI is InChI=1S/C26H19NO2SSiTe/c1-31(2)22-9-5-3-7-20(22)27(21-8-4-6-10-23(21)31)24-12-11-16(32-24)13-17-25(28)18-14-30-15-19(18)26(17)29/h3-15H,1-2H3. The number of carbonyl (C=O) groups is 2. The van der Waals surface area contributed by atoms with Crippen LogP contribution in [-0.4, -0.2) is 40.1 Å². The van der Waals surface area contributed by atoms with Gasteiger partial charge in [0, 0.05) is 0 Å². The molecule has 0 unspecified atom stereocenters. The van der Waals surface area contributed by atoms with Crippen molar-refractivity contribution in [3.05, 3.63) is 91.7 Å². The second kappa shape index (κ2) is 7.26. The van der Waals surface area contributed by atoms with Gasteiger partial charge in [-0.25, -0.2) is 0 Å². The van der Waals surface area contributed by atoms with Crippen molar-refractivity contribution >= 4 is 82.9 Å². The third kappa shape index (κ3) is 2.84. The summed E-state index contributed by atoms with van der Waals surface area (Å²) in [5.74, 6) is -0.260. The van der Waals surface area contributed by atoms with E-state index in [1.807, 2.05) is 6.08 Å². The van der Waals surface area contributed by atoms with Crippen LogP contribution < -0.4 is 15.3 Å².